The summed E-state index contributed by atoms with van der Waals surface area (Å²) >= 11 is 5.91. The summed E-state index contributed by atoms with van der Waals surface area (Å²) in [7, 11) is 0. The number of hydrogen-bond donors (Lipinski definition) is 1. The second kappa shape index (κ2) is 6.86. The van der Waals surface area contributed by atoms with Crippen molar-refractivity contribution >= 4 is 29.0 Å². The van der Waals surface area contributed by atoms with Crippen LogP contribution in [0.5, 0.6) is 5.75 Å². The Morgan fingerprint density at radius 2 is 2.09 bits per heavy atom. The predicted molar refractivity (Wildman–Crippen MR) is 81.2 cm³/mol. The van der Waals surface area contributed by atoms with Crippen molar-refractivity contribution in [2.45, 2.75) is 6.92 Å². The van der Waals surface area contributed by atoms with Gasteiger partial charge in [-0.2, -0.15) is 0 Å². The molecule has 0 radical (unpaired) electrons. The highest BCUT2D eigenvalue weighted by atomic mass is 35.5. The minimum absolute atomic E-state index is 0.0649. The maximum atomic E-state index is 11.8. The highest BCUT2D eigenvalue weighted by molar-refractivity contribution is 6.33. The monoisotopic (exact) mass is 321 g/mol. The summed E-state index contributed by atoms with van der Waals surface area (Å²) in [5.74, 6) is -0.974. The molecule has 2 aromatic rings. The average Bonchev–Trinajstić information content (AvgIpc) is 2.48. The van der Waals surface area contributed by atoms with E-state index in [4.69, 9.17) is 16.3 Å². The number of pyridine rings is 1. The van der Waals surface area contributed by atoms with Gasteiger partial charge in [-0.15, -0.1) is 0 Å². The highest BCUT2D eigenvalue weighted by Crippen LogP contribution is 2.24. The van der Waals surface area contributed by atoms with Gasteiger partial charge in [-0.1, -0.05) is 23.7 Å². The molecule has 0 bridgehead atoms. The molecular formula is C14H12ClN3O4. The quantitative estimate of drug-likeness (QED) is 0.674. The lowest BCUT2D eigenvalue weighted by Gasteiger charge is -2.08. The number of aromatic nitrogens is 1. The molecule has 1 heterocycles. The van der Waals surface area contributed by atoms with Crippen LogP contribution < -0.4 is 10.1 Å². The fourth-order valence-corrected chi connectivity index (χ4v) is 1.85. The van der Waals surface area contributed by atoms with E-state index in [2.05, 4.69) is 10.3 Å². The van der Waals surface area contributed by atoms with E-state index in [-0.39, 0.29) is 5.75 Å². The number of nitro groups is 1. The predicted octanol–water partition coefficient (Wildman–Crippen LogP) is 2.97. The minimum Gasteiger partial charge on any atom is -0.476 e. The maximum Gasteiger partial charge on any atom is 0.406 e. The third kappa shape index (κ3) is 3.92. The molecule has 0 unspecified atom stereocenters. The lowest BCUT2D eigenvalue weighted by atomic mass is 10.3. The molecule has 0 spiro atoms. The topological polar surface area (TPSA) is 94.4 Å². The Hall–Kier alpha value is -2.67. The molecule has 1 aromatic heterocycles. The number of para-hydroxylation sites is 1. The molecule has 22 heavy (non-hydrogen) atoms. The molecule has 1 amide bonds. The fourth-order valence-electron chi connectivity index (χ4n) is 1.67. The van der Waals surface area contributed by atoms with E-state index >= 15 is 0 Å². The van der Waals surface area contributed by atoms with Crippen molar-refractivity contribution in [1.82, 2.24) is 4.98 Å². The largest absolute Gasteiger partial charge is 0.476 e. The average molecular weight is 322 g/mol. The number of carbonyl (C=O) groups excluding carboxylic acids is 1. The van der Waals surface area contributed by atoms with Gasteiger partial charge in [0.2, 0.25) is 5.75 Å². The first-order valence-electron chi connectivity index (χ1n) is 6.26. The summed E-state index contributed by atoms with van der Waals surface area (Å²) in [5, 5.41) is 13.8. The lowest BCUT2D eigenvalue weighted by Crippen LogP contribution is -2.20. The number of aryl methyl sites for hydroxylation is 1. The van der Waals surface area contributed by atoms with Gasteiger partial charge in [0, 0.05) is 6.92 Å². The zero-order valence-electron chi connectivity index (χ0n) is 11.6. The molecular weight excluding hydrogens is 310 g/mol. The van der Waals surface area contributed by atoms with E-state index in [1.807, 2.05) is 0 Å². The van der Waals surface area contributed by atoms with E-state index in [1.54, 1.807) is 37.3 Å². The van der Waals surface area contributed by atoms with Gasteiger partial charge < -0.3 is 20.2 Å². The zero-order valence-corrected chi connectivity index (χ0v) is 12.3. The summed E-state index contributed by atoms with van der Waals surface area (Å²) in [6.07, 6.45) is 0. The lowest BCUT2D eigenvalue weighted by molar-refractivity contribution is -0.390. The van der Waals surface area contributed by atoms with Gasteiger partial charge in [0.25, 0.3) is 5.91 Å². The third-order valence-corrected chi connectivity index (χ3v) is 2.99. The van der Waals surface area contributed by atoms with Crippen LogP contribution in [0.3, 0.4) is 0 Å². The molecule has 0 aliphatic carbocycles. The summed E-state index contributed by atoms with van der Waals surface area (Å²) in [6.45, 7) is 1.23. The van der Waals surface area contributed by atoms with Crippen LogP contribution in [0, 0.1) is 17.0 Å². The Labute approximate surface area is 131 Å². The van der Waals surface area contributed by atoms with Crippen molar-refractivity contribution in [3.63, 3.8) is 0 Å². The number of nitrogens with zero attached hydrogens (tertiary/aromatic N) is 2. The van der Waals surface area contributed by atoms with Crippen molar-refractivity contribution in [3.8, 4) is 5.75 Å². The second-order valence-electron chi connectivity index (χ2n) is 4.35. The van der Waals surface area contributed by atoms with E-state index < -0.39 is 23.3 Å². The first-order chi connectivity index (χ1) is 10.5. The van der Waals surface area contributed by atoms with Crippen molar-refractivity contribution < 1.29 is 14.5 Å². The van der Waals surface area contributed by atoms with Crippen LogP contribution in [0.4, 0.5) is 11.5 Å². The van der Waals surface area contributed by atoms with Crippen LogP contribution in [0.2, 0.25) is 5.02 Å². The standard InChI is InChI=1S/C14H12ClN3O4/c1-9-6-7-12(14(16-9)18(20)21)22-8-13(19)17-11-5-3-2-4-10(11)15/h2-7H,8H2,1H3,(H,17,19). The molecule has 0 fully saturated rings. The zero-order chi connectivity index (χ0) is 16.1. The molecule has 1 N–H and O–H groups in total. The maximum absolute atomic E-state index is 11.8. The highest BCUT2D eigenvalue weighted by Gasteiger charge is 2.18. The van der Waals surface area contributed by atoms with Crippen LogP contribution in [-0.4, -0.2) is 22.4 Å². The molecule has 0 aliphatic rings. The minimum atomic E-state index is -0.658. The third-order valence-electron chi connectivity index (χ3n) is 2.66. The van der Waals surface area contributed by atoms with Crippen LogP contribution in [0.25, 0.3) is 0 Å². The molecule has 114 valence electrons. The van der Waals surface area contributed by atoms with Crippen molar-refractivity contribution in [2.24, 2.45) is 0 Å². The van der Waals surface area contributed by atoms with E-state index in [0.29, 0.717) is 16.4 Å². The van der Waals surface area contributed by atoms with Crippen molar-refractivity contribution in [2.75, 3.05) is 11.9 Å². The Kier molecular flexibility index (Phi) is 4.90. The molecule has 1 aromatic carbocycles. The van der Waals surface area contributed by atoms with Crippen LogP contribution in [0.15, 0.2) is 36.4 Å². The van der Waals surface area contributed by atoms with Crippen molar-refractivity contribution in [1.29, 1.82) is 0 Å². The van der Waals surface area contributed by atoms with Gasteiger partial charge >= 0.3 is 5.82 Å². The first-order valence-corrected chi connectivity index (χ1v) is 6.64. The molecule has 8 heteroatoms. The smallest absolute Gasteiger partial charge is 0.406 e. The second-order valence-corrected chi connectivity index (χ2v) is 4.76. The Morgan fingerprint density at radius 3 is 2.77 bits per heavy atom. The van der Waals surface area contributed by atoms with Crippen LogP contribution in [-0.2, 0) is 4.79 Å². The number of ether oxygens (including phenoxy) is 1. The van der Waals surface area contributed by atoms with E-state index in [0.717, 1.165) is 0 Å². The number of carbonyl (C=O) groups is 1. The summed E-state index contributed by atoms with van der Waals surface area (Å²) in [6, 6.07) is 9.69. The number of benzene rings is 1. The van der Waals surface area contributed by atoms with Crippen LogP contribution in [0.1, 0.15) is 5.69 Å². The molecule has 0 saturated heterocycles. The normalized spacial score (nSPS) is 10.1. The Morgan fingerprint density at radius 1 is 1.36 bits per heavy atom. The molecule has 2 rings (SSSR count). The van der Waals surface area contributed by atoms with Gasteiger partial charge in [-0.05, 0) is 34.2 Å². The van der Waals surface area contributed by atoms with Gasteiger partial charge in [-0.3, -0.25) is 4.79 Å². The van der Waals surface area contributed by atoms with Gasteiger partial charge in [0.15, 0.2) is 6.61 Å². The van der Waals surface area contributed by atoms with Gasteiger partial charge in [0.05, 0.1) is 10.7 Å². The Bertz CT molecular complexity index is 721. The SMILES string of the molecule is Cc1ccc(OCC(=O)Nc2ccccc2Cl)c([N+](=O)[O-])n1. The molecule has 7 nitrogen and oxygen atoms in total. The van der Waals surface area contributed by atoms with Crippen molar-refractivity contribution in [3.05, 3.63) is 57.2 Å². The van der Waals surface area contributed by atoms with Crippen LogP contribution >= 0.6 is 11.6 Å². The molecule has 0 aliphatic heterocycles. The summed E-state index contributed by atoms with van der Waals surface area (Å²) in [5.41, 5.74) is 0.925. The first kappa shape index (κ1) is 15.7. The fraction of sp³-hybridized carbons (Fsp3) is 0.143. The Balaban J connectivity index is 2.03. The van der Waals surface area contributed by atoms with Gasteiger partial charge in [0.1, 0.15) is 5.69 Å². The summed E-state index contributed by atoms with van der Waals surface area (Å²) in [4.78, 5) is 25.8. The number of nitrogens with one attached hydrogen (secondary N) is 1. The molecule has 0 saturated carbocycles. The number of anilines is 1. The molecule has 0 atom stereocenters. The number of hydrogen-bond acceptors (Lipinski definition) is 5. The van der Waals surface area contributed by atoms with Gasteiger partial charge in [-0.25, -0.2) is 0 Å². The number of rotatable bonds is 5. The number of amides is 1. The number of halogens is 1. The van der Waals surface area contributed by atoms with E-state index in [1.165, 1.54) is 6.07 Å². The summed E-state index contributed by atoms with van der Waals surface area (Å²) < 4.78 is 5.17. The van der Waals surface area contributed by atoms with E-state index in [9.17, 15) is 14.9 Å².